The third kappa shape index (κ3) is 3.95. The Morgan fingerprint density at radius 1 is 0.895 bits per heavy atom. The van der Waals surface area contributed by atoms with Crippen molar-refractivity contribution in [1.82, 2.24) is 15.2 Å². The average Bonchev–Trinajstić information content (AvgIpc) is 3.64. The minimum absolute atomic E-state index is 0.239. The van der Waals surface area contributed by atoms with Crippen LogP contribution in [-0.4, -0.2) is 46.7 Å². The summed E-state index contributed by atoms with van der Waals surface area (Å²) in [5.74, 6) is -0.478. The number of fused-ring (bicyclic) bond motifs is 3. The fraction of sp³-hybridized carbons (Fsp3) is 0.207. The molecule has 2 aromatic heterocycles. The van der Waals surface area contributed by atoms with E-state index in [-0.39, 0.29) is 18.4 Å². The topological polar surface area (TPSA) is 83.4 Å². The fourth-order valence-electron chi connectivity index (χ4n) is 5.04. The van der Waals surface area contributed by atoms with Gasteiger partial charge in [0.05, 0.1) is 23.4 Å². The van der Waals surface area contributed by atoms with Gasteiger partial charge in [0.1, 0.15) is 10.2 Å². The Bertz CT molecular complexity index is 1680. The molecule has 0 radical (unpaired) electrons. The maximum Gasteiger partial charge on any atom is 0.262 e. The third-order valence-electron chi connectivity index (χ3n) is 7.00. The summed E-state index contributed by atoms with van der Waals surface area (Å²) >= 11 is 1.66. The highest BCUT2D eigenvalue weighted by molar-refractivity contribution is 7.18. The molecule has 9 heteroatoms. The monoisotopic (exact) mass is 524 g/mol. The molecule has 8 nitrogen and oxygen atoms in total. The van der Waals surface area contributed by atoms with Crippen molar-refractivity contribution in [3.8, 4) is 0 Å². The van der Waals surface area contributed by atoms with Gasteiger partial charge in [-0.15, -0.1) is 0 Å². The first-order valence-corrected chi connectivity index (χ1v) is 13.5. The van der Waals surface area contributed by atoms with Gasteiger partial charge >= 0.3 is 0 Å². The van der Waals surface area contributed by atoms with E-state index in [1.807, 2.05) is 30.4 Å². The average molecular weight is 525 g/mol. The SMILES string of the molecule is CCN(CC)c1ccc(C=Cc2sc3ccccc3[n+]2CCN2C(=O)c3ccccc3C2=O)c2nonc12. The summed E-state index contributed by atoms with van der Waals surface area (Å²) in [5, 5.41) is 9.36. The lowest BCUT2D eigenvalue weighted by atomic mass is 10.1. The van der Waals surface area contributed by atoms with Crippen LogP contribution in [-0.2, 0) is 6.54 Å². The lowest BCUT2D eigenvalue weighted by molar-refractivity contribution is -0.667. The highest BCUT2D eigenvalue weighted by atomic mass is 32.1. The number of benzene rings is 3. The van der Waals surface area contributed by atoms with Gasteiger partial charge in [0, 0.05) is 30.8 Å². The number of nitrogens with zero attached hydrogens (tertiary/aromatic N) is 5. The summed E-state index contributed by atoms with van der Waals surface area (Å²) in [7, 11) is 0. The number of rotatable bonds is 8. The van der Waals surface area contributed by atoms with Crippen molar-refractivity contribution in [2.75, 3.05) is 24.5 Å². The second kappa shape index (κ2) is 9.83. The van der Waals surface area contributed by atoms with Crippen LogP contribution in [0.1, 0.15) is 45.1 Å². The van der Waals surface area contributed by atoms with Gasteiger partial charge in [-0.05, 0) is 54.5 Å². The quantitative estimate of drug-likeness (QED) is 0.209. The number of carbonyl (C=O) groups excluding carboxylic acids is 2. The summed E-state index contributed by atoms with van der Waals surface area (Å²) in [6.07, 6.45) is 4.06. The first kappa shape index (κ1) is 24.0. The molecule has 0 saturated heterocycles. The molecule has 0 atom stereocenters. The molecule has 0 saturated carbocycles. The predicted molar refractivity (Wildman–Crippen MR) is 148 cm³/mol. The summed E-state index contributed by atoms with van der Waals surface area (Å²) < 4.78 is 8.40. The molecule has 2 amide bonds. The van der Waals surface area contributed by atoms with Gasteiger partial charge in [0.2, 0.25) is 5.52 Å². The normalized spacial score (nSPS) is 13.4. The molecule has 38 heavy (non-hydrogen) atoms. The number of aromatic nitrogens is 3. The Hall–Kier alpha value is -4.37. The molecule has 3 aromatic carbocycles. The summed E-state index contributed by atoms with van der Waals surface area (Å²) in [4.78, 5) is 29.4. The van der Waals surface area contributed by atoms with Crippen molar-refractivity contribution >= 4 is 62.2 Å². The number of carbonyl (C=O) groups is 2. The Labute approximate surface area is 223 Å². The van der Waals surface area contributed by atoms with Crippen LogP contribution in [0, 0.1) is 0 Å². The Balaban J connectivity index is 1.32. The molecular formula is C29H26N5O3S+. The number of hydrogen-bond donors (Lipinski definition) is 0. The molecule has 0 unspecified atom stereocenters. The molecule has 3 heterocycles. The van der Waals surface area contributed by atoms with Gasteiger partial charge in [-0.1, -0.05) is 41.7 Å². The van der Waals surface area contributed by atoms with Crippen LogP contribution < -0.4 is 9.47 Å². The second-order valence-electron chi connectivity index (χ2n) is 9.01. The third-order valence-corrected chi connectivity index (χ3v) is 8.13. The van der Waals surface area contributed by atoms with Crippen molar-refractivity contribution in [1.29, 1.82) is 0 Å². The first-order chi connectivity index (χ1) is 18.6. The number of amides is 2. The standard InChI is InChI=1S/C29H26N5O3S/c1-3-32(4-2)23-15-13-19(26-27(23)31-37-30-26)14-16-25-33(22-11-7-8-12-24(22)38-25)17-18-34-28(35)20-9-5-6-10-21(20)29(34)36/h5-16H,3-4,17-18H2,1-2H3/q+1. The van der Waals surface area contributed by atoms with E-state index in [2.05, 4.69) is 51.8 Å². The highest BCUT2D eigenvalue weighted by Crippen LogP contribution is 2.29. The van der Waals surface area contributed by atoms with Crippen molar-refractivity contribution in [3.63, 3.8) is 0 Å². The number of imide groups is 1. The summed E-state index contributed by atoms with van der Waals surface area (Å²) in [6.45, 7) is 6.72. The summed E-state index contributed by atoms with van der Waals surface area (Å²) in [6, 6.07) is 19.2. The van der Waals surface area contributed by atoms with Crippen molar-refractivity contribution in [3.05, 3.63) is 82.4 Å². The van der Waals surface area contributed by atoms with Gasteiger partial charge in [0.25, 0.3) is 16.8 Å². The Morgan fingerprint density at radius 3 is 2.32 bits per heavy atom. The molecule has 5 aromatic rings. The zero-order valence-electron chi connectivity index (χ0n) is 21.1. The number of hydrogen-bond acceptors (Lipinski definition) is 7. The maximum absolute atomic E-state index is 12.9. The van der Waals surface area contributed by atoms with Crippen LogP contribution in [0.15, 0.2) is 65.3 Å². The van der Waals surface area contributed by atoms with E-state index in [1.54, 1.807) is 35.6 Å². The van der Waals surface area contributed by atoms with E-state index in [9.17, 15) is 9.59 Å². The first-order valence-electron chi connectivity index (χ1n) is 12.7. The minimum atomic E-state index is -0.239. The van der Waals surface area contributed by atoms with Crippen LogP contribution in [0.25, 0.3) is 33.4 Å². The van der Waals surface area contributed by atoms with Gasteiger partial charge < -0.3 is 4.90 Å². The molecule has 0 spiro atoms. The minimum Gasteiger partial charge on any atom is -0.370 e. The van der Waals surface area contributed by atoms with Crippen LogP contribution in [0.4, 0.5) is 5.69 Å². The number of thiazole rings is 1. The lowest BCUT2D eigenvalue weighted by Crippen LogP contribution is -2.43. The molecule has 0 N–H and O–H groups in total. The largest absolute Gasteiger partial charge is 0.370 e. The van der Waals surface area contributed by atoms with Crippen molar-refractivity contribution < 1.29 is 18.8 Å². The zero-order valence-corrected chi connectivity index (χ0v) is 21.9. The zero-order chi connectivity index (χ0) is 26.2. The summed E-state index contributed by atoms with van der Waals surface area (Å²) in [5.41, 5.74) is 5.35. The second-order valence-corrected chi connectivity index (χ2v) is 10.1. The molecule has 0 fully saturated rings. The lowest BCUT2D eigenvalue weighted by Gasteiger charge is -2.20. The van der Waals surface area contributed by atoms with E-state index in [1.165, 1.54) is 4.90 Å². The number of anilines is 1. The van der Waals surface area contributed by atoms with E-state index < -0.39 is 0 Å². The van der Waals surface area contributed by atoms with Crippen LogP contribution in [0.2, 0.25) is 0 Å². The van der Waals surface area contributed by atoms with Gasteiger partial charge in [-0.2, -0.15) is 4.57 Å². The molecule has 0 aliphatic carbocycles. The Morgan fingerprint density at radius 2 is 1.58 bits per heavy atom. The molecule has 1 aliphatic heterocycles. The van der Waals surface area contributed by atoms with Crippen molar-refractivity contribution in [2.45, 2.75) is 20.4 Å². The van der Waals surface area contributed by atoms with E-state index in [0.29, 0.717) is 23.2 Å². The Kier molecular flexibility index (Phi) is 6.21. The molecule has 190 valence electrons. The fourth-order valence-corrected chi connectivity index (χ4v) is 6.13. The molecule has 6 rings (SSSR count). The smallest absolute Gasteiger partial charge is 0.262 e. The predicted octanol–water partition coefficient (Wildman–Crippen LogP) is 5.04. The van der Waals surface area contributed by atoms with Crippen LogP contribution >= 0.6 is 11.3 Å². The maximum atomic E-state index is 12.9. The highest BCUT2D eigenvalue weighted by Gasteiger charge is 2.36. The van der Waals surface area contributed by atoms with E-state index in [4.69, 9.17) is 4.63 Å². The molecular weight excluding hydrogens is 498 g/mol. The number of para-hydroxylation sites is 1. The van der Waals surface area contributed by atoms with Crippen LogP contribution in [0.3, 0.4) is 0 Å². The van der Waals surface area contributed by atoms with E-state index >= 15 is 0 Å². The van der Waals surface area contributed by atoms with Gasteiger partial charge in [-0.25, -0.2) is 4.63 Å². The molecule has 0 bridgehead atoms. The van der Waals surface area contributed by atoms with Gasteiger partial charge in [0.15, 0.2) is 12.1 Å². The van der Waals surface area contributed by atoms with Crippen LogP contribution in [0.5, 0.6) is 0 Å². The van der Waals surface area contributed by atoms with Crippen molar-refractivity contribution in [2.24, 2.45) is 0 Å². The van der Waals surface area contributed by atoms with E-state index in [0.717, 1.165) is 45.1 Å². The molecule has 1 aliphatic rings. The van der Waals surface area contributed by atoms with Gasteiger partial charge in [-0.3, -0.25) is 14.5 Å².